The second-order valence-corrected chi connectivity index (χ2v) is 5.03. The third-order valence-electron chi connectivity index (χ3n) is 3.78. The molecule has 2 unspecified atom stereocenters. The smallest absolute Gasteiger partial charge is 0.241 e. The van der Waals surface area contributed by atoms with Crippen LogP contribution in [0.5, 0.6) is 0 Å². The first-order chi connectivity index (χ1) is 8.22. The molecule has 17 heavy (non-hydrogen) atoms. The molecule has 1 amide bonds. The van der Waals surface area contributed by atoms with Crippen LogP contribution in [0, 0.1) is 0 Å². The minimum Gasteiger partial charge on any atom is -0.383 e. The highest BCUT2D eigenvalue weighted by Crippen LogP contribution is 2.21. The minimum absolute atomic E-state index is 0.0422. The largest absolute Gasteiger partial charge is 0.383 e. The van der Waals surface area contributed by atoms with Gasteiger partial charge >= 0.3 is 0 Å². The Labute approximate surface area is 103 Å². The van der Waals surface area contributed by atoms with E-state index in [4.69, 9.17) is 10.5 Å². The predicted molar refractivity (Wildman–Crippen MR) is 65.6 cm³/mol. The van der Waals surface area contributed by atoms with Gasteiger partial charge in [-0.15, -0.1) is 0 Å². The van der Waals surface area contributed by atoms with E-state index in [0.717, 1.165) is 26.1 Å². The Bertz CT molecular complexity index is 272. The van der Waals surface area contributed by atoms with Crippen LogP contribution in [-0.2, 0) is 9.53 Å². The van der Waals surface area contributed by atoms with E-state index in [1.807, 2.05) is 4.90 Å². The Hall–Kier alpha value is -0.650. The number of hydrogen-bond acceptors (Lipinski definition) is 4. The Balaban J connectivity index is 1.93. The van der Waals surface area contributed by atoms with Crippen molar-refractivity contribution >= 4 is 5.91 Å². The van der Waals surface area contributed by atoms with Crippen molar-refractivity contribution in [3.8, 4) is 0 Å². The van der Waals surface area contributed by atoms with Gasteiger partial charge in [0.05, 0.1) is 6.61 Å². The maximum Gasteiger partial charge on any atom is 0.241 e. The van der Waals surface area contributed by atoms with Gasteiger partial charge in [0.2, 0.25) is 5.91 Å². The van der Waals surface area contributed by atoms with Gasteiger partial charge in [0.25, 0.3) is 0 Å². The van der Waals surface area contributed by atoms with Crippen LogP contribution in [-0.4, -0.2) is 67.7 Å². The number of rotatable bonds is 3. The lowest BCUT2D eigenvalue weighted by Crippen LogP contribution is -2.48. The monoisotopic (exact) mass is 241 g/mol. The Morgan fingerprint density at radius 3 is 2.94 bits per heavy atom. The first-order valence-electron chi connectivity index (χ1n) is 6.49. The maximum absolute atomic E-state index is 12.1. The van der Waals surface area contributed by atoms with Crippen molar-refractivity contribution in [1.82, 2.24) is 9.80 Å². The van der Waals surface area contributed by atoms with Gasteiger partial charge in [-0.25, -0.2) is 0 Å². The SMILES string of the molecule is COCC(N)C(=O)N1CCCN2CCCC2C1. The molecule has 0 aromatic heterocycles. The van der Waals surface area contributed by atoms with E-state index in [1.165, 1.54) is 19.4 Å². The van der Waals surface area contributed by atoms with E-state index in [1.54, 1.807) is 7.11 Å². The number of amides is 1. The zero-order valence-electron chi connectivity index (χ0n) is 10.6. The van der Waals surface area contributed by atoms with Gasteiger partial charge in [0.1, 0.15) is 6.04 Å². The van der Waals surface area contributed by atoms with Crippen LogP contribution < -0.4 is 5.73 Å². The molecule has 98 valence electrons. The third-order valence-corrected chi connectivity index (χ3v) is 3.78. The van der Waals surface area contributed by atoms with Crippen LogP contribution in [0.3, 0.4) is 0 Å². The summed E-state index contributed by atoms with van der Waals surface area (Å²) in [6.45, 7) is 4.30. The Kier molecular flexibility index (Phi) is 4.36. The first-order valence-corrected chi connectivity index (χ1v) is 6.49. The van der Waals surface area contributed by atoms with Gasteiger partial charge in [-0.1, -0.05) is 0 Å². The van der Waals surface area contributed by atoms with Crippen LogP contribution >= 0.6 is 0 Å². The first kappa shape index (κ1) is 12.8. The van der Waals surface area contributed by atoms with E-state index in [-0.39, 0.29) is 5.91 Å². The normalized spacial score (nSPS) is 27.6. The van der Waals surface area contributed by atoms with Gasteiger partial charge in [-0.2, -0.15) is 0 Å². The molecule has 2 aliphatic heterocycles. The fourth-order valence-electron chi connectivity index (χ4n) is 2.89. The summed E-state index contributed by atoms with van der Waals surface area (Å²) in [4.78, 5) is 16.6. The van der Waals surface area contributed by atoms with Crippen molar-refractivity contribution in [2.75, 3.05) is 39.9 Å². The molecule has 2 rings (SSSR count). The Morgan fingerprint density at radius 2 is 2.18 bits per heavy atom. The molecule has 2 fully saturated rings. The predicted octanol–water partition coefficient (Wildman–Crippen LogP) is -0.343. The number of carbonyl (C=O) groups excluding carboxylic acids is 1. The molecule has 0 aromatic rings. The molecule has 0 spiro atoms. The molecule has 0 saturated carbocycles. The van der Waals surface area contributed by atoms with E-state index >= 15 is 0 Å². The van der Waals surface area contributed by atoms with Crippen molar-refractivity contribution in [2.24, 2.45) is 5.73 Å². The summed E-state index contributed by atoms with van der Waals surface area (Å²) in [5.41, 5.74) is 5.82. The highest BCUT2D eigenvalue weighted by Gasteiger charge is 2.31. The molecule has 2 saturated heterocycles. The summed E-state index contributed by atoms with van der Waals surface area (Å²) < 4.78 is 4.95. The zero-order chi connectivity index (χ0) is 12.3. The van der Waals surface area contributed by atoms with Crippen LogP contribution in [0.15, 0.2) is 0 Å². The van der Waals surface area contributed by atoms with Gasteiger partial charge < -0.3 is 15.4 Å². The molecule has 2 N–H and O–H groups in total. The molecule has 2 aliphatic rings. The molecule has 2 heterocycles. The lowest BCUT2D eigenvalue weighted by molar-refractivity contribution is -0.134. The molecule has 0 radical (unpaired) electrons. The number of carbonyl (C=O) groups is 1. The summed E-state index contributed by atoms with van der Waals surface area (Å²) in [7, 11) is 1.58. The second kappa shape index (κ2) is 5.80. The van der Waals surface area contributed by atoms with Crippen molar-refractivity contribution in [3.63, 3.8) is 0 Å². The van der Waals surface area contributed by atoms with Crippen molar-refractivity contribution in [2.45, 2.75) is 31.3 Å². The highest BCUT2D eigenvalue weighted by atomic mass is 16.5. The summed E-state index contributed by atoms with van der Waals surface area (Å²) >= 11 is 0. The van der Waals surface area contributed by atoms with Gasteiger partial charge in [-0.3, -0.25) is 9.69 Å². The molecular weight excluding hydrogens is 218 g/mol. The van der Waals surface area contributed by atoms with Crippen molar-refractivity contribution < 1.29 is 9.53 Å². The summed E-state index contributed by atoms with van der Waals surface area (Å²) in [5.74, 6) is 0.0422. The molecule has 0 bridgehead atoms. The van der Waals surface area contributed by atoms with E-state index in [0.29, 0.717) is 12.6 Å². The molecule has 5 nitrogen and oxygen atoms in total. The van der Waals surface area contributed by atoms with Crippen LogP contribution in [0.1, 0.15) is 19.3 Å². The van der Waals surface area contributed by atoms with Crippen molar-refractivity contribution in [3.05, 3.63) is 0 Å². The van der Waals surface area contributed by atoms with Gasteiger partial charge in [0.15, 0.2) is 0 Å². The minimum atomic E-state index is -0.507. The maximum atomic E-state index is 12.1. The highest BCUT2D eigenvalue weighted by molar-refractivity contribution is 5.81. The van der Waals surface area contributed by atoms with Gasteiger partial charge in [-0.05, 0) is 25.8 Å². The second-order valence-electron chi connectivity index (χ2n) is 5.03. The van der Waals surface area contributed by atoms with Crippen LogP contribution in [0.25, 0.3) is 0 Å². The molecule has 5 heteroatoms. The quantitative estimate of drug-likeness (QED) is 0.734. The number of hydrogen-bond donors (Lipinski definition) is 1. The fraction of sp³-hybridized carbons (Fsp3) is 0.917. The molecule has 0 aliphatic carbocycles. The van der Waals surface area contributed by atoms with E-state index in [9.17, 15) is 4.79 Å². The lowest BCUT2D eigenvalue weighted by Gasteiger charge is -2.27. The fourth-order valence-corrected chi connectivity index (χ4v) is 2.89. The van der Waals surface area contributed by atoms with Crippen LogP contribution in [0.4, 0.5) is 0 Å². The zero-order valence-corrected chi connectivity index (χ0v) is 10.6. The van der Waals surface area contributed by atoms with E-state index < -0.39 is 6.04 Å². The number of nitrogens with two attached hydrogens (primary N) is 1. The number of fused-ring (bicyclic) bond motifs is 1. The van der Waals surface area contributed by atoms with Crippen LogP contribution in [0.2, 0.25) is 0 Å². The van der Waals surface area contributed by atoms with Gasteiger partial charge in [0, 0.05) is 32.8 Å². The number of nitrogens with zero attached hydrogens (tertiary/aromatic N) is 2. The Morgan fingerprint density at radius 1 is 1.41 bits per heavy atom. The summed E-state index contributed by atoms with van der Waals surface area (Å²) in [5, 5.41) is 0. The molecular formula is C12H23N3O2. The number of ether oxygens (including phenoxy) is 1. The summed E-state index contributed by atoms with van der Waals surface area (Å²) in [6, 6.07) is 0.0455. The van der Waals surface area contributed by atoms with Crippen molar-refractivity contribution in [1.29, 1.82) is 0 Å². The lowest BCUT2D eigenvalue weighted by atomic mass is 10.2. The van der Waals surface area contributed by atoms with E-state index in [2.05, 4.69) is 4.90 Å². The standard InChI is InChI=1S/C12H23N3O2/c1-17-9-11(13)12(16)15-7-3-6-14-5-2-4-10(14)8-15/h10-11H,2-9,13H2,1H3. The number of methoxy groups -OCH3 is 1. The average Bonchev–Trinajstić information content (AvgIpc) is 2.66. The average molecular weight is 241 g/mol. The summed E-state index contributed by atoms with van der Waals surface area (Å²) in [6.07, 6.45) is 3.53. The third kappa shape index (κ3) is 2.97. The topological polar surface area (TPSA) is 58.8 Å². The molecule has 2 atom stereocenters. The molecule has 0 aromatic carbocycles.